The Kier molecular flexibility index (Phi) is 2.15. The van der Waals surface area contributed by atoms with E-state index < -0.39 is 0 Å². The molecule has 1 aromatic heterocycles. The van der Waals surface area contributed by atoms with Crippen molar-refractivity contribution in [1.29, 1.82) is 0 Å². The fourth-order valence-corrected chi connectivity index (χ4v) is 3.13. The van der Waals surface area contributed by atoms with Gasteiger partial charge < -0.3 is 4.90 Å². The summed E-state index contributed by atoms with van der Waals surface area (Å²) in [6, 6.07) is 5.89. The predicted molar refractivity (Wildman–Crippen MR) is 65.5 cm³/mol. The quantitative estimate of drug-likeness (QED) is 0.741. The van der Waals surface area contributed by atoms with Crippen molar-refractivity contribution in [2.24, 2.45) is 0 Å². The molecule has 14 heavy (non-hydrogen) atoms. The van der Waals surface area contributed by atoms with Gasteiger partial charge in [-0.05, 0) is 60.4 Å². The van der Waals surface area contributed by atoms with E-state index in [0.717, 1.165) is 12.1 Å². The van der Waals surface area contributed by atoms with Gasteiger partial charge in [0.05, 0.1) is 0 Å². The molecule has 2 saturated heterocycles. The summed E-state index contributed by atoms with van der Waals surface area (Å²) in [6.45, 7) is 0. The largest absolute Gasteiger partial charge is 0.351 e. The van der Waals surface area contributed by atoms with Gasteiger partial charge in [-0.3, -0.25) is 0 Å². The first kappa shape index (κ1) is 8.95. The van der Waals surface area contributed by atoms with Crippen LogP contribution in [0, 0.1) is 3.57 Å². The standard InChI is InChI=1S/C11H13IN2/c12-8-1-6-11(13-7-8)14-9-2-3-10(14)5-4-9/h1,6-7,9-10H,2-5H2. The molecule has 1 aromatic rings. The molecule has 2 nitrogen and oxygen atoms in total. The monoisotopic (exact) mass is 300 g/mol. The van der Waals surface area contributed by atoms with E-state index >= 15 is 0 Å². The second-order valence-electron chi connectivity index (χ2n) is 4.20. The molecule has 3 heteroatoms. The lowest BCUT2D eigenvalue weighted by Gasteiger charge is -2.22. The summed E-state index contributed by atoms with van der Waals surface area (Å²) in [6.07, 6.45) is 7.46. The topological polar surface area (TPSA) is 16.1 Å². The fraction of sp³-hybridized carbons (Fsp3) is 0.545. The van der Waals surface area contributed by atoms with Crippen LogP contribution >= 0.6 is 22.6 Å². The molecule has 2 aliphatic rings. The van der Waals surface area contributed by atoms with Gasteiger partial charge in [-0.1, -0.05) is 0 Å². The van der Waals surface area contributed by atoms with Gasteiger partial charge in [0.25, 0.3) is 0 Å². The zero-order valence-corrected chi connectivity index (χ0v) is 10.1. The maximum Gasteiger partial charge on any atom is 0.129 e. The Bertz CT molecular complexity index is 316. The molecule has 2 bridgehead atoms. The molecular formula is C11H13IN2. The molecule has 3 heterocycles. The first-order valence-corrected chi connectivity index (χ1v) is 6.32. The second-order valence-corrected chi connectivity index (χ2v) is 5.45. The molecule has 2 aliphatic heterocycles. The van der Waals surface area contributed by atoms with Crippen molar-refractivity contribution in [2.45, 2.75) is 37.8 Å². The Balaban J connectivity index is 1.92. The second kappa shape index (κ2) is 3.36. The van der Waals surface area contributed by atoms with Crippen molar-refractivity contribution in [1.82, 2.24) is 4.98 Å². The van der Waals surface area contributed by atoms with Crippen LogP contribution in [0.15, 0.2) is 18.3 Å². The molecule has 2 fully saturated rings. The van der Waals surface area contributed by atoms with E-state index in [1.807, 2.05) is 6.20 Å². The van der Waals surface area contributed by atoms with Gasteiger partial charge in [0.15, 0.2) is 0 Å². The molecule has 0 atom stereocenters. The minimum atomic E-state index is 0.785. The van der Waals surface area contributed by atoms with Crippen molar-refractivity contribution in [3.05, 3.63) is 21.9 Å². The molecule has 0 amide bonds. The minimum Gasteiger partial charge on any atom is -0.351 e. The number of nitrogens with zero attached hydrogens (tertiary/aromatic N) is 2. The third-order valence-electron chi connectivity index (χ3n) is 3.43. The van der Waals surface area contributed by atoms with Gasteiger partial charge >= 0.3 is 0 Å². The highest BCUT2D eigenvalue weighted by atomic mass is 127. The van der Waals surface area contributed by atoms with E-state index in [-0.39, 0.29) is 0 Å². The highest BCUT2D eigenvalue weighted by Gasteiger charge is 2.39. The zero-order chi connectivity index (χ0) is 9.54. The van der Waals surface area contributed by atoms with E-state index in [0.29, 0.717) is 0 Å². The Morgan fingerprint density at radius 2 is 1.79 bits per heavy atom. The number of hydrogen-bond acceptors (Lipinski definition) is 2. The van der Waals surface area contributed by atoms with Crippen LogP contribution in [0.2, 0.25) is 0 Å². The van der Waals surface area contributed by atoms with Crippen molar-refractivity contribution in [3.8, 4) is 0 Å². The van der Waals surface area contributed by atoms with Gasteiger partial charge in [-0.15, -0.1) is 0 Å². The number of rotatable bonds is 1. The van der Waals surface area contributed by atoms with E-state index in [1.54, 1.807) is 0 Å². The van der Waals surface area contributed by atoms with Gasteiger partial charge in [-0.25, -0.2) is 4.98 Å². The third kappa shape index (κ3) is 1.33. The molecule has 3 rings (SSSR count). The van der Waals surface area contributed by atoms with E-state index in [4.69, 9.17) is 0 Å². The van der Waals surface area contributed by atoms with Crippen LogP contribution in [-0.4, -0.2) is 17.1 Å². The Hall–Kier alpha value is -0.320. The highest BCUT2D eigenvalue weighted by molar-refractivity contribution is 14.1. The van der Waals surface area contributed by atoms with E-state index in [2.05, 4.69) is 44.6 Å². The number of anilines is 1. The Morgan fingerprint density at radius 1 is 1.14 bits per heavy atom. The summed E-state index contributed by atoms with van der Waals surface area (Å²) in [5, 5.41) is 0. The van der Waals surface area contributed by atoms with Crippen molar-refractivity contribution >= 4 is 28.4 Å². The smallest absolute Gasteiger partial charge is 0.129 e. The predicted octanol–water partition coefficient (Wildman–Crippen LogP) is 2.82. The van der Waals surface area contributed by atoms with E-state index in [9.17, 15) is 0 Å². The normalized spacial score (nSPS) is 29.9. The van der Waals surface area contributed by atoms with Crippen molar-refractivity contribution in [3.63, 3.8) is 0 Å². The molecule has 0 aliphatic carbocycles. The minimum absolute atomic E-state index is 0.785. The number of aromatic nitrogens is 1. The van der Waals surface area contributed by atoms with Gasteiger partial charge in [-0.2, -0.15) is 0 Å². The van der Waals surface area contributed by atoms with Gasteiger partial charge in [0.2, 0.25) is 0 Å². The van der Waals surface area contributed by atoms with Crippen molar-refractivity contribution < 1.29 is 0 Å². The summed E-state index contributed by atoms with van der Waals surface area (Å²) >= 11 is 2.30. The number of fused-ring (bicyclic) bond motifs is 2. The molecule has 0 spiro atoms. The van der Waals surface area contributed by atoms with Crippen LogP contribution in [0.4, 0.5) is 5.82 Å². The number of pyridine rings is 1. The lowest BCUT2D eigenvalue weighted by molar-refractivity contribution is 0.576. The Morgan fingerprint density at radius 3 is 2.29 bits per heavy atom. The van der Waals surface area contributed by atoms with E-state index in [1.165, 1.54) is 35.1 Å². The summed E-state index contributed by atoms with van der Waals surface area (Å²) in [7, 11) is 0. The lowest BCUT2D eigenvalue weighted by Crippen LogP contribution is -2.28. The van der Waals surface area contributed by atoms with Crippen LogP contribution in [0.25, 0.3) is 0 Å². The molecule has 74 valence electrons. The van der Waals surface area contributed by atoms with Crippen LogP contribution in [0.3, 0.4) is 0 Å². The summed E-state index contributed by atoms with van der Waals surface area (Å²) in [5.41, 5.74) is 0. The third-order valence-corrected chi connectivity index (χ3v) is 4.07. The average Bonchev–Trinajstić information content (AvgIpc) is 2.78. The molecule has 0 unspecified atom stereocenters. The zero-order valence-electron chi connectivity index (χ0n) is 7.99. The molecule has 0 radical (unpaired) electrons. The summed E-state index contributed by atoms with van der Waals surface area (Å²) in [4.78, 5) is 7.06. The summed E-state index contributed by atoms with van der Waals surface area (Å²) in [5.74, 6) is 1.19. The van der Waals surface area contributed by atoms with Crippen LogP contribution < -0.4 is 4.90 Å². The van der Waals surface area contributed by atoms with Crippen LogP contribution in [0.1, 0.15) is 25.7 Å². The first-order chi connectivity index (χ1) is 6.84. The van der Waals surface area contributed by atoms with Crippen LogP contribution in [-0.2, 0) is 0 Å². The average molecular weight is 300 g/mol. The Labute approximate surface area is 97.9 Å². The lowest BCUT2D eigenvalue weighted by atomic mass is 10.0. The van der Waals surface area contributed by atoms with Crippen LogP contribution in [0.5, 0.6) is 0 Å². The number of hydrogen-bond donors (Lipinski definition) is 0. The molecular weight excluding hydrogens is 287 g/mol. The summed E-state index contributed by atoms with van der Waals surface area (Å²) < 4.78 is 1.22. The highest BCUT2D eigenvalue weighted by Crippen LogP contribution is 2.39. The maximum atomic E-state index is 4.52. The maximum absolute atomic E-state index is 4.52. The first-order valence-electron chi connectivity index (χ1n) is 5.24. The van der Waals surface area contributed by atoms with Gasteiger partial charge in [0.1, 0.15) is 5.82 Å². The molecule has 0 N–H and O–H groups in total. The number of halogens is 1. The molecule has 0 saturated carbocycles. The van der Waals surface area contributed by atoms with Crippen molar-refractivity contribution in [2.75, 3.05) is 4.90 Å². The SMILES string of the molecule is Ic1ccc(N2C3CCC2CC3)nc1. The van der Waals surface area contributed by atoms with Gasteiger partial charge in [0, 0.05) is 21.9 Å². The molecule has 0 aromatic carbocycles. The fourth-order valence-electron chi connectivity index (χ4n) is 2.81.